The smallest absolute Gasteiger partial charge is 0.306 e. The Balaban J connectivity index is 2.14. The van der Waals surface area contributed by atoms with Gasteiger partial charge >= 0.3 is 5.97 Å². The third kappa shape index (κ3) is 4.51. The first-order valence-electron chi connectivity index (χ1n) is 9.51. The van der Waals surface area contributed by atoms with Crippen molar-refractivity contribution < 1.29 is 24.1 Å². The zero-order chi connectivity index (χ0) is 21.0. The highest BCUT2D eigenvalue weighted by atomic mass is 79.9. The number of halogens is 1. The number of hydrogen-bond donors (Lipinski definition) is 1. The first-order chi connectivity index (χ1) is 14.0. The average Bonchev–Trinajstić information content (AvgIpc) is 2.74. The molecule has 1 atom stereocenters. The molecule has 1 aliphatic heterocycles. The molecule has 2 aromatic carbocycles. The highest BCUT2D eigenvalue weighted by Gasteiger charge is 2.34. The number of hydrogen-bond acceptors (Lipinski definition) is 5. The molecular formula is C22H26BrNO5. The highest BCUT2D eigenvalue weighted by Crippen LogP contribution is 2.45. The number of nitrogens with zero attached hydrogens (tertiary/aromatic N) is 1. The van der Waals surface area contributed by atoms with Crippen LogP contribution in [-0.2, 0) is 4.79 Å². The highest BCUT2D eigenvalue weighted by molar-refractivity contribution is 9.10. The summed E-state index contributed by atoms with van der Waals surface area (Å²) in [5.41, 5.74) is 1.88. The molecule has 1 heterocycles. The van der Waals surface area contributed by atoms with E-state index < -0.39 is 5.97 Å². The Morgan fingerprint density at radius 3 is 2.14 bits per heavy atom. The second-order valence-electron chi connectivity index (χ2n) is 7.01. The lowest BCUT2D eigenvalue weighted by Crippen LogP contribution is -2.39. The summed E-state index contributed by atoms with van der Waals surface area (Å²) in [6.45, 7) is 1.30. The van der Waals surface area contributed by atoms with E-state index in [-0.39, 0.29) is 12.0 Å². The minimum atomic E-state index is -0.726. The number of rotatable bonds is 7. The van der Waals surface area contributed by atoms with Crippen LogP contribution in [0.1, 0.15) is 30.0 Å². The van der Waals surface area contributed by atoms with Crippen molar-refractivity contribution in [2.45, 2.75) is 18.9 Å². The molecule has 1 saturated heterocycles. The Hall–Kier alpha value is -2.25. The number of carboxylic acid groups (broad SMARTS) is 1. The van der Waals surface area contributed by atoms with E-state index in [0.29, 0.717) is 25.9 Å². The first-order valence-corrected chi connectivity index (χ1v) is 10.3. The van der Waals surface area contributed by atoms with Crippen molar-refractivity contribution in [3.8, 4) is 17.2 Å². The van der Waals surface area contributed by atoms with Crippen molar-refractivity contribution in [1.82, 2.24) is 4.90 Å². The molecule has 0 spiro atoms. The van der Waals surface area contributed by atoms with Gasteiger partial charge in [0.1, 0.15) is 17.2 Å². The number of piperidine rings is 1. The molecular weight excluding hydrogens is 438 g/mol. The van der Waals surface area contributed by atoms with Gasteiger partial charge in [0.25, 0.3) is 0 Å². The molecule has 0 aromatic heterocycles. The molecule has 2 aromatic rings. The monoisotopic (exact) mass is 463 g/mol. The Kier molecular flexibility index (Phi) is 7.03. The lowest BCUT2D eigenvalue weighted by atomic mass is 9.90. The van der Waals surface area contributed by atoms with E-state index in [9.17, 15) is 9.90 Å². The van der Waals surface area contributed by atoms with Crippen molar-refractivity contribution >= 4 is 21.9 Å². The Labute approximate surface area is 179 Å². The molecule has 0 bridgehead atoms. The Morgan fingerprint density at radius 2 is 1.62 bits per heavy atom. The van der Waals surface area contributed by atoms with Crippen LogP contribution in [0.25, 0.3) is 0 Å². The first kappa shape index (κ1) is 21.5. The van der Waals surface area contributed by atoms with Gasteiger partial charge in [0.2, 0.25) is 0 Å². The van der Waals surface area contributed by atoms with E-state index in [2.05, 4.69) is 20.8 Å². The molecule has 1 unspecified atom stereocenters. The van der Waals surface area contributed by atoms with Gasteiger partial charge < -0.3 is 19.3 Å². The van der Waals surface area contributed by atoms with Gasteiger partial charge in [0.05, 0.1) is 38.9 Å². The molecule has 0 saturated carbocycles. The Morgan fingerprint density at radius 1 is 1.03 bits per heavy atom. The molecule has 29 heavy (non-hydrogen) atoms. The van der Waals surface area contributed by atoms with Crippen LogP contribution in [0.4, 0.5) is 0 Å². The predicted octanol–water partition coefficient (Wildman–Crippen LogP) is 4.36. The van der Waals surface area contributed by atoms with Crippen molar-refractivity contribution in [2.75, 3.05) is 34.4 Å². The molecule has 0 amide bonds. The van der Waals surface area contributed by atoms with Crippen molar-refractivity contribution in [1.29, 1.82) is 0 Å². The topological polar surface area (TPSA) is 68.2 Å². The van der Waals surface area contributed by atoms with E-state index in [0.717, 1.165) is 32.8 Å². The van der Waals surface area contributed by atoms with Crippen LogP contribution in [0.3, 0.4) is 0 Å². The second-order valence-corrected chi connectivity index (χ2v) is 7.93. The summed E-state index contributed by atoms with van der Waals surface area (Å²) < 4.78 is 18.0. The molecule has 156 valence electrons. The number of methoxy groups -OCH3 is 3. The maximum absolute atomic E-state index is 11.4. The van der Waals surface area contributed by atoms with Gasteiger partial charge in [-0.1, -0.05) is 22.0 Å². The average molecular weight is 464 g/mol. The number of aliphatic carboxylic acids is 1. The molecule has 0 aliphatic carbocycles. The number of carbonyl (C=O) groups is 1. The van der Waals surface area contributed by atoms with E-state index in [4.69, 9.17) is 14.2 Å². The molecule has 0 radical (unpaired) electrons. The minimum Gasteiger partial charge on any atom is -0.496 e. The summed E-state index contributed by atoms with van der Waals surface area (Å²) >= 11 is 3.58. The van der Waals surface area contributed by atoms with Crippen LogP contribution in [-0.4, -0.2) is 50.4 Å². The van der Waals surface area contributed by atoms with Crippen LogP contribution in [0, 0.1) is 5.92 Å². The Bertz CT molecular complexity index is 842. The third-order valence-electron chi connectivity index (χ3n) is 5.47. The van der Waals surface area contributed by atoms with Crippen molar-refractivity contribution in [3.63, 3.8) is 0 Å². The van der Waals surface area contributed by atoms with Gasteiger partial charge in [-0.05, 0) is 56.3 Å². The molecule has 7 heteroatoms. The maximum atomic E-state index is 11.4. The maximum Gasteiger partial charge on any atom is 0.306 e. The SMILES string of the molecule is COc1ccc(Br)cc1C(c1c(OC)cccc1OC)N1CCC(C(=O)O)CC1. The van der Waals surface area contributed by atoms with Crippen LogP contribution in [0.5, 0.6) is 17.2 Å². The zero-order valence-corrected chi connectivity index (χ0v) is 18.4. The van der Waals surface area contributed by atoms with Crippen LogP contribution in [0.2, 0.25) is 0 Å². The number of likely N-dealkylation sites (tertiary alicyclic amines) is 1. The fraction of sp³-hybridized carbons (Fsp3) is 0.409. The van der Waals surface area contributed by atoms with Crippen molar-refractivity contribution in [2.24, 2.45) is 5.92 Å². The molecule has 1 aliphatic rings. The van der Waals surface area contributed by atoms with Gasteiger partial charge in [-0.3, -0.25) is 9.69 Å². The van der Waals surface area contributed by atoms with E-state index >= 15 is 0 Å². The van der Waals surface area contributed by atoms with Gasteiger partial charge in [-0.2, -0.15) is 0 Å². The third-order valence-corrected chi connectivity index (χ3v) is 5.96. The summed E-state index contributed by atoms with van der Waals surface area (Å²) in [6.07, 6.45) is 1.19. The predicted molar refractivity (Wildman–Crippen MR) is 114 cm³/mol. The summed E-state index contributed by atoms with van der Waals surface area (Å²) in [7, 11) is 4.94. The molecule has 1 N–H and O–H groups in total. The summed E-state index contributed by atoms with van der Waals surface area (Å²) in [4.78, 5) is 13.7. The lowest BCUT2D eigenvalue weighted by molar-refractivity contribution is -0.143. The molecule has 6 nitrogen and oxygen atoms in total. The van der Waals surface area contributed by atoms with Crippen LogP contribution < -0.4 is 14.2 Å². The fourth-order valence-electron chi connectivity index (χ4n) is 4.01. The van der Waals surface area contributed by atoms with Gasteiger partial charge in [0.15, 0.2) is 0 Å². The van der Waals surface area contributed by atoms with Gasteiger partial charge in [-0.25, -0.2) is 0 Å². The van der Waals surface area contributed by atoms with Gasteiger partial charge in [0, 0.05) is 10.0 Å². The second kappa shape index (κ2) is 9.50. The van der Waals surface area contributed by atoms with Crippen LogP contribution in [0.15, 0.2) is 40.9 Å². The van der Waals surface area contributed by atoms with Crippen molar-refractivity contribution in [3.05, 3.63) is 52.0 Å². The van der Waals surface area contributed by atoms with Gasteiger partial charge in [-0.15, -0.1) is 0 Å². The normalized spacial score (nSPS) is 16.3. The summed E-state index contributed by atoms with van der Waals surface area (Å²) in [5.74, 6) is 1.16. The lowest BCUT2D eigenvalue weighted by Gasteiger charge is -2.38. The largest absolute Gasteiger partial charge is 0.496 e. The van der Waals surface area contributed by atoms with E-state index in [1.165, 1.54) is 0 Å². The molecule has 3 rings (SSSR count). The van der Waals surface area contributed by atoms with E-state index in [1.807, 2.05) is 36.4 Å². The standard InChI is InChI=1S/C22H26BrNO5/c1-27-17-8-7-15(23)13-16(17)21(24-11-9-14(10-12-24)22(25)26)20-18(28-2)5-4-6-19(20)29-3/h4-8,13-14,21H,9-12H2,1-3H3,(H,25,26). The summed E-state index contributed by atoms with van der Waals surface area (Å²) in [6, 6.07) is 11.4. The number of ether oxygens (including phenoxy) is 3. The molecule has 1 fully saturated rings. The zero-order valence-electron chi connectivity index (χ0n) is 16.9. The summed E-state index contributed by atoms with van der Waals surface area (Å²) in [5, 5.41) is 9.40. The van der Waals surface area contributed by atoms with Crippen LogP contribution >= 0.6 is 15.9 Å². The van der Waals surface area contributed by atoms with E-state index in [1.54, 1.807) is 21.3 Å². The number of benzene rings is 2. The fourth-order valence-corrected chi connectivity index (χ4v) is 4.39. The quantitative estimate of drug-likeness (QED) is 0.657. The minimum absolute atomic E-state index is 0.205. The number of carboxylic acids is 1.